The average Bonchev–Trinajstić information content (AvgIpc) is 3.24. The summed E-state index contributed by atoms with van der Waals surface area (Å²) < 4.78 is 6.89. The minimum Gasteiger partial charge on any atom is -0.374 e. The van der Waals surface area contributed by atoms with Crippen LogP contribution in [0.1, 0.15) is 24.6 Å². The third-order valence-electron chi connectivity index (χ3n) is 5.10. The Morgan fingerprint density at radius 1 is 1.35 bits per heavy atom. The van der Waals surface area contributed by atoms with Gasteiger partial charge in [0, 0.05) is 36.3 Å². The van der Waals surface area contributed by atoms with Gasteiger partial charge < -0.3 is 15.0 Å². The van der Waals surface area contributed by atoms with Crippen LogP contribution in [-0.4, -0.2) is 42.7 Å². The Morgan fingerprint density at radius 3 is 2.61 bits per heavy atom. The molecule has 0 amide bonds. The molecule has 4 atom stereocenters. The highest BCUT2D eigenvalue weighted by molar-refractivity contribution is 14.0. The van der Waals surface area contributed by atoms with Gasteiger partial charge in [0.1, 0.15) is 0 Å². The minimum absolute atomic E-state index is 0. The van der Waals surface area contributed by atoms with Crippen molar-refractivity contribution in [2.45, 2.75) is 38.5 Å². The van der Waals surface area contributed by atoms with Crippen LogP contribution in [0.3, 0.4) is 0 Å². The molecular weight excluding hydrogens is 445 g/mol. The zero-order valence-electron chi connectivity index (χ0n) is 13.2. The Labute approximate surface area is 163 Å². The summed E-state index contributed by atoms with van der Waals surface area (Å²) in [5.74, 6) is 2.46. The Hall–Kier alpha value is -0.0500. The largest absolute Gasteiger partial charge is 0.374 e. The normalized spacial score (nSPS) is 32.1. The molecule has 23 heavy (non-hydrogen) atoms. The van der Waals surface area contributed by atoms with Crippen LogP contribution < -0.4 is 5.32 Å². The fourth-order valence-electron chi connectivity index (χ4n) is 4.15. The monoisotopic (exact) mass is 467 g/mol. The summed E-state index contributed by atoms with van der Waals surface area (Å²) in [5, 5.41) is 3.45. The van der Waals surface area contributed by atoms with Gasteiger partial charge in [-0.15, -0.1) is 35.3 Å². The summed E-state index contributed by atoms with van der Waals surface area (Å²) in [7, 11) is 0. The first kappa shape index (κ1) is 17.8. The summed E-state index contributed by atoms with van der Waals surface area (Å²) in [6, 6.07) is 4.01. The molecule has 0 saturated carbocycles. The Bertz CT molecular complexity index is 563. The standard InChI is InChI=1S/C16H22ClN3OS.HI/c1-2-18-16(19-7-10-3-6-15(17)22-10)20-8-11-12(9-20)14-5-4-13(11)21-14;/h3,6,11-14H,2,4-5,7-9H2,1H3,(H,18,19);1H. The lowest BCUT2D eigenvalue weighted by atomic mass is 9.82. The number of rotatable bonds is 3. The van der Waals surface area contributed by atoms with E-state index in [9.17, 15) is 0 Å². The van der Waals surface area contributed by atoms with Crippen molar-refractivity contribution in [3.8, 4) is 0 Å². The molecule has 3 aliphatic rings. The molecule has 3 fully saturated rings. The molecule has 3 aliphatic heterocycles. The van der Waals surface area contributed by atoms with Crippen molar-refractivity contribution in [3.63, 3.8) is 0 Å². The number of aliphatic imine (C=N–C) groups is 1. The molecule has 1 aromatic rings. The molecule has 4 unspecified atom stereocenters. The van der Waals surface area contributed by atoms with Gasteiger partial charge in [-0.1, -0.05) is 11.6 Å². The Balaban J connectivity index is 0.00000156. The maximum absolute atomic E-state index is 6.06. The predicted molar refractivity (Wildman–Crippen MR) is 106 cm³/mol. The number of likely N-dealkylation sites (tertiary alicyclic amines) is 1. The summed E-state index contributed by atoms with van der Waals surface area (Å²) >= 11 is 7.61. The van der Waals surface area contributed by atoms with Crippen LogP contribution >= 0.6 is 46.9 Å². The van der Waals surface area contributed by atoms with Gasteiger partial charge in [0.15, 0.2) is 5.96 Å². The van der Waals surface area contributed by atoms with Crippen molar-refractivity contribution >= 4 is 52.9 Å². The first-order valence-electron chi connectivity index (χ1n) is 8.17. The van der Waals surface area contributed by atoms with Crippen molar-refractivity contribution in [2.75, 3.05) is 19.6 Å². The van der Waals surface area contributed by atoms with Gasteiger partial charge in [-0.2, -0.15) is 0 Å². The van der Waals surface area contributed by atoms with E-state index in [0.29, 0.717) is 30.6 Å². The van der Waals surface area contributed by atoms with Crippen molar-refractivity contribution in [3.05, 3.63) is 21.3 Å². The molecule has 4 rings (SSSR count). The third kappa shape index (κ3) is 3.50. The number of ether oxygens (including phenoxy) is 1. The third-order valence-corrected chi connectivity index (χ3v) is 6.32. The van der Waals surface area contributed by atoms with Crippen LogP contribution in [0.25, 0.3) is 0 Å². The maximum atomic E-state index is 6.06. The fourth-order valence-corrected chi connectivity index (χ4v) is 5.16. The minimum atomic E-state index is 0. The molecule has 0 spiro atoms. The van der Waals surface area contributed by atoms with E-state index >= 15 is 0 Å². The number of hydrogen-bond donors (Lipinski definition) is 1. The molecule has 3 saturated heterocycles. The van der Waals surface area contributed by atoms with Gasteiger partial charge in [0.05, 0.1) is 23.1 Å². The van der Waals surface area contributed by atoms with Crippen LogP contribution in [0, 0.1) is 11.8 Å². The summed E-state index contributed by atoms with van der Waals surface area (Å²) in [5.41, 5.74) is 0. The molecule has 0 radical (unpaired) electrons. The zero-order chi connectivity index (χ0) is 15.1. The van der Waals surface area contributed by atoms with E-state index in [2.05, 4.69) is 23.2 Å². The van der Waals surface area contributed by atoms with E-state index in [0.717, 1.165) is 29.9 Å². The molecular formula is C16H23ClIN3OS. The average molecular weight is 468 g/mol. The lowest BCUT2D eigenvalue weighted by Crippen LogP contribution is -2.41. The quantitative estimate of drug-likeness (QED) is 0.419. The molecule has 4 heterocycles. The lowest BCUT2D eigenvalue weighted by Gasteiger charge is -2.23. The van der Waals surface area contributed by atoms with Crippen molar-refractivity contribution in [1.82, 2.24) is 10.2 Å². The number of hydrogen-bond acceptors (Lipinski definition) is 3. The van der Waals surface area contributed by atoms with E-state index in [4.69, 9.17) is 21.3 Å². The maximum Gasteiger partial charge on any atom is 0.194 e. The summed E-state index contributed by atoms with van der Waals surface area (Å²) in [6.07, 6.45) is 3.50. The summed E-state index contributed by atoms with van der Waals surface area (Å²) in [4.78, 5) is 8.46. The molecule has 4 nitrogen and oxygen atoms in total. The van der Waals surface area contributed by atoms with E-state index in [1.165, 1.54) is 17.7 Å². The number of fused-ring (bicyclic) bond motifs is 5. The van der Waals surface area contributed by atoms with Crippen LogP contribution in [0.4, 0.5) is 0 Å². The van der Waals surface area contributed by atoms with Crippen molar-refractivity contribution in [1.29, 1.82) is 0 Å². The van der Waals surface area contributed by atoms with Gasteiger partial charge >= 0.3 is 0 Å². The fraction of sp³-hybridized carbons (Fsp3) is 0.688. The molecule has 7 heteroatoms. The lowest BCUT2D eigenvalue weighted by molar-refractivity contribution is 0.0767. The van der Waals surface area contributed by atoms with E-state index in [1.54, 1.807) is 11.3 Å². The predicted octanol–water partition coefficient (Wildman–Crippen LogP) is 3.59. The number of thiophene rings is 1. The highest BCUT2D eigenvalue weighted by atomic mass is 127. The van der Waals surface area contributed by atoms with Crippen LogP contribution in [0.15, 0.2) is 17.1 Å². The summed E-state index contributed by atoms with van der Waals surface area (Å²) in [6.45, 7) is 5.90. The topological polar surface area (TPSA) is 36.9 Å². The molecule has 1 N–H and O–H groups in total. The molecule has 0 aromatic carbocycles. The number of guanidine groups is 1. The van der Waals surface area contributed by atoms with Crippen molar-refractivity contribution in [2.24, 2.45) is 16.8 Å². The van der Waals surface area contributed by atoms with E-state index < -0.39 is 0 Å². The first-order chi connectivity index (χ1) is 10.7. The van der Waals surface area contributed by atoms with Gasteiger partial charge in [-0.25, -0.2) is 4.99 Å². The molecule has 0 aliphatic carbocycles. The van der Waals surface area contributed by atoms with Crippen molar-refractivity contribution < 1.29 is 4.74 Å². The Morgan fingerprint density at radius 2 is 2.04 bits per heavy atom. The van der Waals surface area contributed by atoms with Crippen LogP contribution in [0.5, 0.6) is 0 Å². The van der Waals surface area contributed by atoms with Gasteiger partial charge in [0.25, 0.3) is 0 Å². The molecule has 128 valence electrons. The number of nitrogens with zero attached hydrogens (tertiary/aromatic N) is 2. The Kier molecular flexibility index (Phi) is 5.76. The van der Waals surface area contributed by atoms with Crippen LogP contribution in [-0.2, 0) is 11.3 Å². The highest BCUT2D eigenvalue weighted by Gasteiger charge is 2.53. The van der Waals surface area contributed by atoms with E-state index in [-0.39, 0.29) is 24.0 Å². The number of halogens is 2. The SMILES string of the molecule is CCNC(=NCc1ccc(Cl)s1)N1CC2C3CCC(O3)C2C1.I. The highest BCUT2D eigenvalue weighted by Crippen LogP contribution is 2.47. The zero-order valence-corrected chi connectivity index (χ0v) is 17.1. The van der Waals surface area contributed by atoms with E-state index in [1.807, 2.05) is 6.07 Å². The van der Waals surface area contributed by atoms with Gasteiger partial charge in [-0.3, -0.25) is 0 Å². The molecule has 1 aromatic heterocycles. The second-order valence-electron chi connectivity index (χ2n) is 6.40. The smallest absolute Gasteiger partial charge is 0.194 e. The second kappa shape index (κ2) is 7.45. The van der Waals surface area contributed by atoms with Gasteiger partial charge in [0.2, 0.25) is 0 Å². The second-order valence-corrected chi connectivity index (χ2v) is 8.20. The molecule has 2 bridgehead atoms. The van der Waals surface area contributed by atoms with Crippen LogP contribution in [0.2, 0.25) is 4.34 Å². The number of nitrogens with one attached hydrogen (secondary N) is 1. The first-order valence-corrected chi connectivity index (χ1v) is 9.37. The van der Waals surface area contributed by atoms with Gasteiger partial charge in [-0.05, 0) is 31.9 Å².